The topological polar surface area (TPSA) is 21.3 Å². The smallest absolute Gasteiger partial charge is 0.0552 e. The van der Waals surface area contributed by atoms with Crippen molar-refractivity contribution < 1.29 is 4.74 Å². The van der Waals surface area contributed by atoms with E-state index in [0.29, 0.717) is 6.04 Å². The van der Waals surface area contributed by atoms with Crippen LogP contribution in [0.25, 0.3) is 0 Å². The van der Waals surface area contributed by atoms with Crippen LogP contribution in [0.2, 0.25) is 0 Å². The van der Waals surface area contributed by atoms with Gasteiger partial charge in [-0.25, -0.2) is 0 Å². The summed E-state index contributed by atoms with van der Waals surface area (Å²) in [6, 6.07) is 0.674. The van der Waals surface area contributed by atoms with Gasteiger partial charge in [-0.3, -0.25) is 0 Å². The number of methoxy groups -OCH3 is 1. The fourth-order valence-electron chi connectivity index (χ4n) is 1.19. The van der Waals surface area contributed by atoms with E-state index in [0.717, 1.165) is 18.9 Å². The molecule has 0 spiro atoms. The van der Waals surface area contributed by atoms with Gasteiger partial charge in [-0.1, -0.05) is 6.92 Å². The largest absolute Gasteiger partial charge is 0.384 e. The minimum Gasteiger partial charge on any atom is -0.384 e. The Kier molecular flexibility index (Phi) is 10.6. The van der Waals surface area contributed by atoms with Crippen molar-refractivity contribution in [3.63, 3.8) is 0 Å². The lowest BCUT2D eigenvalue weighted by molar-refractivity contribution is 0.218. The Morgan fingerprint density at radius 3 is 2.77 bits per heavy atom. The fraction of sp³-hybridized carbons (Fsp3) is 1.00. The zero-order valence-electron chi connectivity index (χ0n) is 9.14. The van der Waals surface area contributed by atoms with Crippen LogP contribution in [-0.2, 0) is 4.74 Å². The van der Waals surface area contributed by atoms with E-state index in [4.69, 9.17) is 4.74 Å². The average Bonchev–Trinajstić information content (AvgIpc) is 2.11. The second-order valence-corrected chi connectivity index (χ2v) is 4.43. The van der Waals surface area contributed by atoms with Gasteiger partial charge in [-0.2, -0.15) is 11.8 Å². The van der Waals surface area contributed by atoms with Crippen LogP contribution >= 0.6 is 11.8 Å². The first-order valence-electron chi connectivity index (χ1n) is 5.11. The van der Waals surface area contributed by atoms with Crippen molar-refractivity contribution in [2.75, 3.05) is 31.8 Å². The summed E-state index contributed by atoms with van der Waals surface area (Å²) in [6.45, 7) is 6.37. The summed E-state index contributed by atoms with van der Waals surface area (Å²) >= 11 is 1.99. The molecule has 1 atom stereocenters. The van der Waals surface area contributed by atoms with Crippen molar-refractivity contribution in [3.05, 3.63) is 0 Å². The molecular formula is C10H23NOS. The van der Waals surface area contributed by atoms with Crippen LogP contribution in [0.3, 0.4) is 0 Å². The summed E-state index contributed by atoms with van der Waals surface area (Å²) in [6.07, 6.45) is 2.59. The first kappa shape index (κ1) is 13.3. The quantitative estimate of drug-likeness (QED) is 0.583. The van der Waals surface area contributed by atoms with Gasteiger partial charge in [-0.05, 0) is 32.1 Å². The lowest BCUT2D eigenvalue weighted by Crippen LogP contribution is -2.25. The van der Waals surface area contributed by atoms with E-state index in [1.807, 2.05) is 11.8 Å². The molecule has 0 amide bonds. The molecule has 0 radical (unpaired) electrons. The highest BCUT2D eigenvalue weighted by Crippen LogP contribution is 2.05. The predicted molar refractivity (Wildman–Crippen MR) is 61.6 cm³/mol. The minimum absolute atomic E-state index is 0.674. The Morgan fingerprint density at radius 2 is 2.15 bits per heavy atom. The molecule has 0 saturated carbocycles. The Bertz CT molecular complexity index is 101. The number of thioether (sulfide) groups is 1. The molecule has 13 heavy (non-hydrogen) atoms. The first-order chi connectivity index (χ1) is 6.31. The monoisotopic (exact) mass is 205 g/mol. The maximum atomic E-state index is 4.97. The number of nitrogens with one attached hydrogen (secondary N) is 1. The number of hydrogen-bond donors (Lipinski definition) is 1. The third kappa shape index (κ3) is 10.2. The summed E-state index contributed by atoms with van der Waals surface area (Å²) in [7, 11) is 1.76. The number of ether oxygens (including phenoxy) is 1. The third-order valence-electron chi connectivity index (χ3n) is 1.91. The van der Waals surface area contributed by atoms with Crippen LogP contribution in [0.5, 0.6) is 0 Å². The van der Waals surface area contributed by atoms with Crippen molar-refractivity contribution in [2.24, 2.45) is 0 Å². The highest BCUT2D eigenvalue weighted by Gasteiger charge is 1.98. The first-order valence-corrected chi connectivity index (χ1v) is 6.26. The van der Waals surface area contributed by atoms with Crippen LogP contribution in [0.1, 0.15) is 26.7 Å². The molecule has 0 saturated heterocycles. The summed E-state index contributed by atoms with van der Waals surface area (Å²) in [5.74, 6) is 2.39. The highest BCUT2D eigenvalue weighted by atomic mass is 32.2. The van der Waals surface area contributed by atoms with Crippen molar-refractivity contribution in [3.8, 4) is 0 Å². The molecule has 0 aromatic heterocycles. The Balaban J connectivity index is 2.97. The van der Waals surface area contributed by atoms with Crippen LogP contribution in [0.15, 0.2) is 0 Å². The molecule has 0 aliphatic rings. The van der Waals surface area contributed by atoms with Gasteiger partial charge >= 0.3 is 0 Å². The second kappa shape index (κ2) is 10.4. The molecule has 0 aromatic rings. The van der Waals surface area contributed by atoms with Crippen molar-refractivity contribution in [2.45, 2.75) is 32.7 Å². The molecule has 1 N–H and O–H groups in total. The zero-order chi connectivity index (χ0) is 9.94. The fourth-order valence-corrected chi connectivity index (χ4v) is 2.05. The van der Waals surface area contributed by atoms with E-state index in [9.17, 15) is 0 Å². The van der Waals surface area contributed by atoms with Crippen LogP contribution in [-0.4, -0.2) is 37.8 Å². The molecule has 0 aliphatic carbocycles. The summed E-state index contributed by atoms with van der Waals surface area (Å²) in [5, 5.41) is 3.41. The van der Waals surface area contributed by atoms with Crippen LogP contribution in [0.4, 0.5) is 0 Å². The van der Waals surface area contributed by atoms with Gasteiger partial charge < -0.3 is 10.1 Å². The predicted octanol–water partition coefficient (Wildman–Crippen LogP) is 2.14. The molecule has 0 bridgehead atoms. The van der Waals surface area contributed by atoms with Crippen molar-refractivity contribution in [1.29, 1.82) is 0 Å². The van der Waals surface area contributed by atoms with E-state index in [-0.39, 0.29) is 0 Å². The van der Waals surface area contributed by atoms with Gasteiger partial charge in [-0.15, -0.1) is 0 Å². The maximum Gasteiger partial charge on any atom is 0.0552 e. The number of rotatable bonds is 9. The highest BCUT2D eigenvalue weighted by molar-refractivity contribution is 7.99. The molecule has 0 heterocycles. The van der Waals surface area contributed by atoms with E-state index < -0.39 is 0 Å². The van der Waals surface area contributed by atoms with Gasteiger partial charge in [0.25, 0.3) is 0 Å². The van der Waals surface area contributed by atoms with E-state index in [1.165, 1.54) is 18.6 Å². The number of hydrogen-bond acceptors (Lipinski definition) is 3. The molecule has 3 heteroatoms. The van der Waals surface area contributed by atoms with Gasteiger partial charge in [0, 0.05) is 18.9 Å². The second-order valence-electron chi connectivity index (χ2n) is 3.21. The molecule has 0 rings (SSSR count). The van der Waals surface area contributed by atoms with Crippen molar-refractivity contribution >= 4 is 11.8 Å². The molecule has 0 aliphatic heterocycles. The normalized spacial score (nSPS) is 13.2. The van der Waals surface area contributed by atoms with Gasteiger partial charge in [0.2, 0.25) is 0 Å². The van der Waals surface area contributed by atoms with E-state index in [2.05, 4.69) is 19.2 Å². The molecule has 0 aromatic carbocycles. The summed E-state index contributed by atoms with van der Waals surface area (Å²) in [4.78, 5) is 0. The Hall–Kier alpha value is 0.270. The molecule has 80 valence electrons. The zero-order valence-corrected chi connectivity index (χ0v) is 9.95. The minimum atomic E-state index is 0.674. The van der Waals surface area contributed by atoms with Crippen LogP contribution in [0, 0.1) is 0 Å². The molecule has 2 nitrogen and oxygen atoms in total. The van der Waals surface area contributed by atoms with E-state index in [1.54, 1.807) is 7.11 Å². The third-order valence-corrected chi connectivity index (χ3v) is 2.94. The molecular weight excluding hydrogens is 182 g/mol. The lowest BCUT2D eigenvalue weighted by Gasteiger charge is -2.11. The van der Waals surface area contributed by atoms with Crippen molar-refractivity contribution in [1.82, 2.24) is 5.32 Å². The SMILES string of the molecule is CCNC(C)CCCSCCOC. The lowest BCUT2D eigenvalue weighted by atomic mass is 10.2. The summed E-state index contributed by atoms with van der Waals surface area (Å²) < 4.78 is 4.97. The summed E-state index contributed by atoms with van der Waals surface area (Å²) in [5.41, 5.74) is 0. The molecule has 0 fully saturated rings. The molecule has 1 unspecified atom stereocenters. The Morgan fingerprint density at radius 1 is 1.38 bits per heavy atom. The average molecular weight is 205 g/mol. The maximum absolute atomic E-state index is 4.97. The van der Waals surface area contributed by atoms with Crippen LogP contribution < -0.4 is 5.32 Å². The van der Waals surface area contributed by atoms with E-state index >= 15 is 0 Å². The Labute approximate surface area is 86.8 Å². The van der Waals surface area contributed by atoms with Gasteiger partial charge in [0.1, 0.15) is 0 Å². The van der Waals surface area contributed by atoms with Gasteiger partial charge in [0.15, 0.2) is 0 Å². The standard InChI is InChI=1S/C10H23NOS/c1-4-11-10(2)6-5-8-13-9-7-12-3/h10-11H,4-9H2,1-3H3. The van der Waals surface area contributed by atoms with Gasteiger partial charge in [0.05, 0.1) is 6.61 Å².